The molecule has 1 aliphatic rings. The van der Waals surface area contributed by atoms with Crippen LogP contribution in [0.15, 0.2) is 474 Å². The van der Waals surface area contributed by atoms with Crippen LogP contribution in [-0.2, 0) is 36.5 Å². The van der Waals surface area contributed by atoms with Gasteiger partial charge in [0.1, 0.15) is 0 Å². The SMILES string of the molecule is CC(=O)C=C(C)O.Cc1ccc(N(c2ccc(C)cc2)c2ccc(C3(c4ccc(N(c5ccc(C)cc5)c5ccc(C)cc5)cc4)CCCCC3)cc2)cc1.Cc1nc(C(F)(F)F)c[c-]c1-c1ccccn1.[Ir].c1cc(-n2c3ccccc3c3ccccc32)cc(-n2c3ccccc3c3ccccc32)c1.c1cncc(-c2cccc(-c3cc(-c4cccc(-c5cccnc5)c4)cc(-c4cccc(-c5cccnc5)c4)c3)c2)c1. The van der Waals surface area contributed by atoms with Gasteiger partial charge in [0.25, 0.3) is 0 Å². The fourth-order valence-electron chi connectivity index (χ4n) is 19.7. The van der Waals surface area contributed by atoms with E-state index < -0.39 is 11.9 Å². The zero-order valence-corrected chi connectivity index (χ0v) is 85.2. The van der Waals surface area contributed by atoms with E-state index in [0.29, 0.717) is 11.3 Å². The van der Waals surface area contributed by atoms with E-state index in [1.165, 1.54) is 181 Å². The molecule has 1 saturated carbocycles. The third-order valence-electron chi connectivity index (χ3n) is 26.9. The predicted molar refractivity (Wildman–Crippen MR) is 596 cm³/mol. The number of ketones is 1. The molecule has 1 fully saturated rings. The van der Waals surface area contributed by atoms with Crippen molar-refractivity contribution in [2.45, 2.75) is 92.2 Å². The molecule has 725 valence electrons. The van der Waals surface area contributed by atoms with Crippen LogP contribution >= 0.6 is 0 Å². The van der Waals surface area contributed by atoms with Crippen molar-refractivity contribution in [3.63, 3.8) is 0 Å². The van der Waals surface area contributed by atoms with Gasteiger partial charge < -0.3 is 34.0 Å². The van der Waals surface area contributed by atoms with Crippen molar-refractivity contribution in [3.05, 3.63) is 525 Å². The number of aryl methyl sites for hydroxylation is 5. The number of carbonyl (C=O) groups is 1. The van der Waals surface area contributed by atoms with Crippen molar-refractivity contribution < 1.29 is 43.2 Å². The molecule has 1 aliphatic carbocycles. The molecule has 15 heteroatoms. The van der Waals surface area contributed by atoms with E-state index in [-0.39, 0.29) is 42.8 Å². The molecule has 7 heterocycles. The van der Waals surface area contributed by atoms with Crippen molar-refractivity contribution in [1.29, 1.82) is 0 Å². The van der Waals surface area contributed by atoms with Gasteiger partial charge in [-0.3, -0.25) is 19.7 Å². The quantitative estimate of drug-likeness (QED) is 0.0509. The van der Waals surface area contributed by atoms with Crippen LogP contribution in [0.3, 0.4) is 0 Å². The maximum absolute atomic E-state index is 12.4. The summed E-state index contributed by atoms with van der Waals surface area (Å²) in [4.78, 5) is 35.3. The monoisotopic (exact) mass is 2100 g/mol. The first-order valence-electron chi connectivity index (χ1n) is 49.3. The molecule has 1 N–H and O–H groups in total. The summed E-state index contributed by atoms with van der Waals surface area (Å²) in [5.41, 5.74) is 36.3. The number of alkyl halides is 3. The van der Waals surface area contributed by atoms with Gasteiger partial charge in [0.2, 0.25) is 0 Å². The summed E-state index contributed by atoms with van der Waals surface area (Å²) in [6.45, 7) is 12.9. The van der Waals surface area contributed by atoms with E-state index in [0.717, 1.165) is 72.8 Å². The van der Waals surface area contributed by atoms with Gasteiger partial charge in [-0.15, -0.1) is 17.7 Å². The Morgan fingerprint density at radius 1 is 0.347 bits per heavy atom. The zero-order chi connectivity index (χ0) is 101. The zero-order valence-electron chi connectivity index (χ0n) is 82.8. The molecule has 0 bridgehead atoms. The van der Waals surface area contributed by atoms with Gasteiger partial charge in [-0.05, 0) is 303 Å². The van der Waals surface area contributed by atoms with Gasteiger partial charge in [0, 0.05) is 159 Å². The first-order chi connectivity index (χ1) is 71.2. The summed E-state index contributed by atoms with van der Waals surface area (Å²) < 4.78 is 42.0. The summed E-state index contributed by atoms with van der Waals surface area (Å²) in [5, 5.41) is 13.5. The van der Waals surface area contributed by atoms with Crippen molar-refractivity contribution in [1.82, 2.24) is 34.1 Å². The van der Waals surface area contributed by atoms with E-state index in [1.54, 1.807) is 24.4 Å². The van der Waals surface area contributed by atoms with Gasteiger partial charge in [0.05, 0.1) is 33.5 Å². The topological polar surface area (TPSA) is 118 Å². The van der Waals surface area contributed by atoms with Crippen LogP contribution in [0.5, 0.6) is 0 Å². The van der Waals surface area contributed by atoms with E-state index in [9.17, 15) is 18.0 Å². The van der Waals surface area contributed by atoms with E-state index in [4.69, 9.17) is 5.11 Å². The fourth-order valence-corrected chi connectivity index (χ4v) is 19.7. The first kappa shape index (κ1) is 100. The van der Waals surface area contributed by atoms with E-state index in [1.807, 2.05) is 55.4 Å². The van der Waals surface area contributed by atoms with E-state index in [2.05, 4.69) is 454 Å². The second-order valence-corrected chi connectivity index (χ2v) is 37.1. The Bertz CT molecular complexity index is 7610. The molecule has 0 spiro atoms. The molecule has 11 nitrogen and oxygen atoms in total. The number of hydrogen-bond acceptors (Lipinski definition) is 9. The summed E-state index contributed by atoms with van der Waals surface area (Å²) >= 11 is 0. The minimum atomic E-state index is -4.44. The number of aliphatic hydroxyl groups is 1. The average molecular weight is 2100 g/mol. The van der Waals surface area contributed by atoms with Crippen LogP contribution in [0, 0.1) is 40.7 Å². The van der Waals surface area contributed by atoms with Crippen LogP contribution in [0.2, 0.25) is 0 Å². The van der Waals surface area contributed by atoms with Crippen LogP contribution in [-0.4, -0.2) is 44.9 Å². The smallest absolute Gasteiger partial charge is 0.397 e. The first-order valence-corrected chi connectivity index (χ1v) is 49.3. The van der Waals surface area contributed by atoms with Crippen LogP contribution in [0.4, 0.5) is 47.3 Å². The number of rotatable bonds is 18. The van der Waals surface area contributed by atoms with Crippen LogP contribution in [0.25, 0.3) is 133 Å². The summed E-state index contributed by atoms with van der Waals surface area (Å²) in [7, 11) is 0. The van der Waals surface area contributed by atoms with Crippen LogP contribution in [0.1, 0.15) is 90.7 Å². The molecular formula is C132H109F3IrN9O2-. The summed E-state index contributed by atoms with van der Waals surface area (Å²) in [5.74, 6) is -0.0625. The molecule has 0 amide bonds. The molecule has 0 unspecified atom stereocenters. The van der Waals surface area contributed by atoms with Crippen LogP contribution < -0.4 is 9.80 Å². The van der Waals surface area contributed by atoms with Gasteiger partial charge in [-0.1, -0.05) is 285 Å². The van der Waals surface area contributed by atoms with Gasteiger partial charge in [-0.25, -0.2) is 0 Å². The number of fused-ring (bicyclic) bond motifs is 6. The molecule has 15 aromatic carbocycles. The minimum absolute atomic E-state index is 0. The molecular weight excluding hydrogens is 1990 g/mol. The second-order valence-electron chi connectivity index (χ2n) is 37.1. The number of allylic oxidation sites excluding steroid dienone is 2. The molecule has 22 aromatic rings. The van der Waals surface area contributed by atoms with Crippen molar-refractivity contribution >= 4 is 83.5 Å². The summed E-state index contributed by atoms with van der Waals surface area (Å²) in [6.07, 6.45) is 15.6. The number of anilines is 6. The Balaban J connectivity index is 0.000000131. The Morgan fingerprint density at radius 2 is 0.653 bits per heavy atom. The molecule has 1 radical (unpaired) electrons. The average Bonchev–Trinajstić information content (AvgIpc) is 1.62. The standard InChI is InChI=1S/C46H46N2.C39H27N3.C30H20N2.C12H8F3N2.C5H8O2.Ir/c1-34-8-20-40(21-9-34)47(41-22-10-35(2)11-23-41)44-28-16-38(17-29-44)46(32-6-5-7-33-46)39-18-30-45(31-19-39)48(42-24-12-36(3)13-25-42)43-26-14-37(4)15-27-43;1-7-28(34-13-4-16-40-25-34)19-31(10-1)37-22-38(32-11-2-8-29(20-32)35-14-5-17-41-26-35)24-39(23-37)33-12-3-9-30(21-33)36-15-6-18-42-27-36;1-5-16-27-23(12-1)24-13-2-6-17-28(24)31(27)21-10-9-11-22(20-21)32-29-18-7-3-14-25(29)26-15-4-8-19-30(26)32;1-8-9(10-4-2-3-7-16-10)5-6-11(17-8)12(13,14)15;1-4(6)3-5(2)7;/h8-31H,5-7,32-33H2,1-4H3;1-27H;1-20H;2-4,6-7H,1H3;3,6H,1-2H3;/q;;;-1;;. The normalized spacial score (nSPS) is 12.1. The molecule has 0 aliphatic heterocycles. The number of pyridine rings is 5. The van der Waals surface area contributed by atoms with E-state index >= 15 is 0 Å². The van der Waals surface area contributed by atoms with Gasteiger partial charge in [-0.2, -0.15) is 13.2 Å². The number of para-hydroxylation sites is 4. The number of halogens is 3. The molecule has 7 aromatic heterocycles. The molecule has 0 atom stereocenters. The largest absolute Gasteiger partial charge is 0.512 e. The molecule has 147 heavy (non-hydrogen) atoms. The van der Waals surface area contributed by atoms with Gasteiger partial charge >= 0.3 is 6.18 Å². The Morgan fingerprint density at radius 3 is 0.946 bits per heavy atom. The fraction of sp³-hybridized carbons (Fsp3) is 0.106. The number of hydrogen-bond donors (Lipinski definition) is 1. The van der Waals surface area contributed by atoms with Crippen molar-refractivity contribution in [2.24, 2.45) is 0 Å². The molecule has 0 saturated heterocycles. The number of carbonyl (C=O) groups excluding carboxylic acids is 1. The van der Waals surface area contributed by atoms with Gasteiger partial charge in [0.15, 0.2) is 5.78 Å². The number of aliphatic hydroxyl groups excluding tert-OH is 1. The predicted octanol–water partition coefficient (Wildman–Crippen LogP) is 35.2. The Labute approximate surface area is 870 Å². The van der Waals surface area contributed by atoms with Crippen molar-refractivity contribution in [2.75, 3.05) is 9.80 Å². The maximum Gasteiger partial charge on any atom is 0.397 e. The number of benzene rings is 15. The van der Waals surface area contributed by atoms with Crippen molar-refractivity contribution in [3.8, 4) is 89.4 Å². The third kappa shape index (κ3) is 23.1. The summed E-state index contributed by atoms with van der Waals surface area (Å²) in [6, 6.07) is 152. The number of nitrogens with zero attached hydrogens (tertiary/aromatic N) is 9. The maximum atomic E-state index is 12.4. The Kier molecular flexibility index (Phi) is 31.1. The third-order valence-corrected chi connectivity index (χ3v) is 26.9. The number of aromatic nitrogens is 7. The Hall–Kier alpha value is -17.1. The minimum Gasteiger partial charge on any atom is -0.512 e. The second kappa shape index (κ2) is 45.7. The molecule has 23 rings (SSSR count).